The van der Waals surface area contributed by atoms with E-state index in [9.17, 15) is 4.79 Å². The summed E-state index contributed by atoms with van der Waals surface area (Å²) in [7, 11) is 3.18. The molecule has 3 nitrogen and oxygen atoms in total. The van der Waals surface area contributed by atoms with E-state index in [1.54, 1.807) is 21.1 Å². The summed E-state index contributed by atoms with van der Waals surface area (Å²) >= 11 is 0. The van der Waals surface area contributed by atoms with Crippen molar-refractivity contribution in [3.8, 4) is 11.5 Å². The van der Waals surface area contributed by atoms with Crippen molar-refractivity contribution < 1.29 is 14.3 Å². The minimum atomic E-state index is 0.110. The fourth-order valence-corrected chi connectivity index (χ4v) is 1.59. The van der Waals surface area contributed by atoms with Crippen molar-refractivity contribution >= 4 is 5.78 Å². The largest absolute Gasteiger partial charge is 0.493 e. The van der Waals surface area contributed by atoms with Crippen molar-refractivity contribution in [2.45, 2.75) is 20.3 Å². The molecule has 0 atom stereocenters. The van der Waals surface area contributed by atoms with Gasteiger partial charge in [0.2, 0.25) is 0 Å². The average molecular weight is 208 g/mol. The number of benzene rings is 1. The maximum absolute atomic E-state index is 11.1. The summed E-state index contributed by atoms with van der Waals surface area (Å²) in [6, 6.07) is 3.83. The molecule has 0 N–H and O–H groups in total. The zero-order valence-electron chi connectivity index (χ0n) is 9.59. The molecule has 0 unspecified atom stereocenters. The topological polar surface area (TPSA) is 35.5 Å². The summed E-state index contributed by atoms with van der Waals surface area (Å²) < 4.78 is 10.5. The van der Waals surface area contributed by atoms with Crippen LogP contribution in [0, 0.1) is 6.92 Å². The number of methoxy groups -OCH3 is 2. The van der Waals surface area contributed by atoms with Crippen molar-refractivity contribution in [1.29, 1.82) is 0 Å². The first-order chi connectivity index (χ1) is 7.10. The van der Waals surface area contributed by atoms with Crippen LogP contribution in [0.1, 0.15) is 18.1 Å². The van der Waals surface area contributed by atoms with Crippen LogP contribution in [0.15, 0.2) is 12.1 Å². The summed E-state index contributed by atoms with van der Waals surface area (Å²) in [5.41, 5.74) is 1.87. The molecule has 1 rings (SSSR count). The van der Waals surface area contributed by atoms with Gasteiger partial charge in [-0.15, -0.1) is 0 Å². The molecule has 0 saturated heterocycles. The number of rotatable bonds is 4. The number of hydrogen-bond acceptors (Lipinski definition) is 3. The molecular formula is C12H16O3. The molecule has 0 amide bonds. The fourth-order valence-electron chi connectivity index (χ4n) is 1.59. The third-order valence-corrected chi connectivity index (χ3v) is 2.24. The molecule has 82 valence electrons. The van der Waals surface area contributed by atoms with Crippen LogP contribution in [0.3, 0.4) is 0 Å². The highest BCUT2D eigenvalue weighted by Gasteiger charge is 2.13. The second-order valence-corrected chi connectivity index (χ2v) is 3.49. The van der Waals surface area contributed by atoms with E-state index in [0.29, 0.717) is 17.9 Å². The van der Waals surface area contributed by atoms with Crippen molar-refractivity contribution in [1.82, 2.24) is 0 Å². The zero-order chi connectivity index (χ0) is 11.4. The van der Waals surface area contributed by atoms with Crippen LogP contribution in [0.4, 0.5) is 0 Å². The number of hydrogen-bond donors (Lipinski definition) is 0. The number of aryl methyl sites for hydroxylation is 1. The third kappa shape index (κ3) is 2.49. The highest BCUT2D eigenvalue weighted by molar-refractivity contribution is 5.79. The Morgan fingerprint density at radius 2 is 1.80 bits per heavy atom. The number of ketones is 1. The van der Waals surface area contributed by atoms with Crippen LogP contribution in [-0.2, 0) is 11.2 Å². The zero-order valence-corrected chi connectivity index (χ0v) is 9.59. The Bertz CT molecular complexity index is 369. The normalized spacial score (nSPS) is 9.87. The van der Waals surface area contributed by atoms with Crippen molar-refractivity contribution in [2.75, 3.05) is 14.2 Å². The van der Waals surface area contributed by atoms with Gasteiger partial charge >= 0.3 is 0 Å². The van der Waals surface area contributed by atoms with E-state index >= 15 is 0 Å². The molecule has 0 spiro atoms. The van der Waals surface area contributed by atoms with Crippen LogP contribution in [0.25, 0.3) is 0 Å². The first kappa shape index (κ1) is 11.6. The molecule has 0 aliphatic rings. The van der Waals surface area contributed by atoms with Gasteiger partial charge in [-0.25, -0.2) is 0 Å². The minimum absolute atomic E-state index is 0.110. The minimum Gasteiger partial charge on any atom is -0.493 e. The maximum Gasteiger partial charge on any atom is 0.164 e. The lowest BCUT2D eigenvalue weighted by atomic mass is 10.0. The van der Waals surface area contributed by atoms with Gasteiger partial charge in [-0.2, -0.15) is 0 Å². The Morgan fingerprint density at radius 3 is 2.27 bits per heavy atom. The first-order valence-electron chi connectivity index (χ1n) is 4.80. The predicted octanol–water partition coefficient (Wildman–Crippen LogP) is 2.14. The van der Waals surface area contributed by atoms with E-state index in [4.69, 9.17) is 9.47 Å². The van der Waals surface area contributed by atoms with Gasteiger partial charge in [0.15, 0.2) is 11.5 Å². The van der Waals surface area contributed by atoms with Gasteiger partial charge in [0.25, 0.3) is 0 Å². The number of ether oxygens (including phenoxy) is 2. The summed E-state index contributed by atoms with van der Waals surface area (Å²) in [5.74, 6) is 1.48. The molecule has 0 saturated carbocycles. The Kier molecular flexibility index (Phi) is 3.72. The van der Waals surface area contributed by atoms with Gasteiger partial charge < -0.3 is 9.47 Å². The Balaban J connectivity index is 3.22. The Morgan fingerprint density at radius 1 is 1.20 bits per heavy atom. The van der Waals surface area contributed by atoms with E-state index in [-0.39, 0.29) is 5.78 Å². The van der Waals surface area contributed by atoms with Crippen molar-refractivity contribution in [3.63, 3.8) is 0 Å². The number of Topliss-reactive ketones (excluding diaryl/α,β-unsaturated/α-hetero) is 1. The summed E-state index contributed by atoms with van der Waals surface area (Å²) in [6.07, 6.45) is 0.375. The van der Waals surface area contributed by atoms with Gasteiger partial charge in [0, 0.05) is 12.0 Å². The van der Waals surface area contributed by atoms with Crippen molar-refractivity contribution in [2.24, 2.45) is 0 Å². The van der Waals surface area contributed by atoms with Gasteiger partial charge in [-0.3, -0.25) is 4.79 Å². The van der Waals surface area contributed by atoms with Gasteiger partial charge in [0.1, 0.15) is 5.78 Å². The van der Waals surface area contributed by atoms with Crippen LogP contribution in [0.2, 0.25) is 0 Å². The van der Waals surface area contributed by atoms with Crippen molar-refractivity contribution in [3.05, 3.63) is 23.3 Å². The van der Waals surface area contributed by atoms with Crippen LogP contribution >= 0.6 is 0 Å². The Labute approximate surface area is 90.0 Å². The second kappa shape index (κ2) is 4.82. The summed E-state index contributed by atoms with van der Waals surface area (Å²) in [5, 5.41) is 0. The summed E-state index contributed by atoms with van der Waals surface area (Å²) in [4.78, 5) is 11.1. The molecule has 0 fully saturated rings. The van der Waals surface area contributed by atoms with E-state index in [1.165, 1.54) is 0 Å². The van der Waals surface area contributed by atoms with E-state index in [2.05, 4.69) is 0 Å². The standard InChI is InChI=1S/C12H16O3/c1-8-5-6-10(7-9(2)13)12(15-4)11(8)14-3/h5-6H,7H2,1-4H3. The molecular weight excluding hydrogens is 192 g/mol. The maximum atomic E-state index is 11.1. The average Bonchev–Trinajstić information content (AvgIpc) is 2.19. The summed E-state index contributed by atoms with van der Waals surface area (Å²) in [6.45, 7) is 3.50. The number of carbonyl (C=O) groups excluding carboxylic acids is 1. The van der Waals surface area contributed by atoms with Gasteiger partial charge in [0.05, 0.1) is 14.2 Å². The van der Waals surface area contributed by atoms with E-state index < -0.39 is 0 Å². The molecule has 15 heavy (non-hydrogen) atoms. The highest BCUT2D eigenvalue weighted by Crippen LogP contribution is 2.34. The van der Waals surface area contributed by atoms with Crippen LogP contribution in [0.5, 0.6) is 11.5 Å². The van der Waals surface area contributed by atoms with Gasteiger partial charge in [-0.1, -0.05) is 12.1 Å². The molecule has 0 bridgehead atoms. The molecule has 0 heterocycles. The SMILES string of the molecule is COc1c(C)ccc(CC(C)=O)c1OC. The highest BCUT2D eigenvalue weighted by atomic mass is 16.5. The molecule has 0 radical (unpaired) electrons. The first-order valence-corrected chi connectivity index (χ1v) is 4.80. The molecule has 0 aliphatic carbocycles. The van der Waals surface area contributed by atoms with Gasteiger partial charge in [-0.05, 0) is 19.4 Å². The van der Waals surface area contributed by atoms with E-state index in [1.807, 2.05) is 19.1 Å². The fraction of sp³-hybridized carbons (Fsp3) is 0.417. The lowest BCUT2D eigenvalue weighted by Crippen LogP contribution is -2.02. The Hall–Kier alpha value is -1.51. The monoisotopic (exact) mass is 208 g/mol. The molecule has 0 aliphatic heterocycles. The predicted molar refractivity (Wildman–Crippen MR) is 58.7 cm³/mol. The smallest absolute Gasteiger partial charge is 0.164 e. The molecule has 1 aromatic carbocycles. The third-order valence-electron chi connectivity index (χ3n) is 2.24. The van der Waals surface area contributed by atoms with Crippen LogP contribution < -0.4 is 9.47 Å². The van der Waals surface area contributed by atoms with E-state index in [0.717, 1.165) is 11.1 Å². The molecule has 1 aromatic rings. The lowest BCUT2D eigenvalue weighted by molar-refractivity contribution is -0.116. The quantitative estimate of drug-likeness (QED) is 0.760. The lowest BCUT2D eigenvalue weighted by Gasteiger charge is -2.13. The second-order valence-electron chi connectivity index (χ2n) is 3.49. The molecule has 3 heteroatoms. The molecule has 0 aromatic heterocycles. The number of carbonyl (C=O) groups is 1. The van der Waals surface area contributed by atoms with Crippen LogP contribution in [-0.4, -0.2) is 20.0 Å².